The quantitative estimate of drug-likeness (QED) is 0.193. The monoisotopic (exact) mass is 169 g/mol. The van der Waals surface area contributed by atoms with Crippen molar-refractivity contribution in [2.45, 2.75) is 0 Å². The van der Waals surface area contributed by atoms with Gasteiger partial charge in [0.15, 0.2) is 0 Å². The van der Waals surface area contributed by atoms with Crippen LogP contribution in [-0.4, -0.2) is 11.1 Å². The number of hydrazone groups is 1. The van der Waals surface area contributed by atoms with E-state index in [1.54, 1.807) is 0 Å². The van der Waals surface area contributed by atoms with E-state index in [9.17, 15) is 0 Å². The molecule has 7 N–H and O–H groups in total. The molecule has 0 amide bonds. The minimum absolute atomic E-state index is 0. The molecule has 0 saturated heterocycles. The second-order valence-corrected chi connectivity index (χ2v) is 0.911. The maximum Gasteiger partial charge on any atom is 0.207 e. The highest BCUT2D eigenvalue weighted by atomic mass is 35.5. The van der Waals surface area contributed by atoms with Gasteiger partial charge in [-0.05, 0) is 12.2 Å². The molecule has 0 aromatic rings. The minimum atomic E-state index is -0.239. The standard InChI is InChI=1S/C2H4N4S.ClH.H3N/c3-2(4)6-5-1-7;;/h(H4,3,4,6);1H;1H3. The van der Waals surface area contributed by atoms with Crippen molar-refractivity contribution in [3.63, 3.8) is 0 Å². The van der Waals surface area contributed by atoms with Crippen molar-refractivity contribution in [2.75, 3.05) is 0 Å². The first-order chi connectivity index (χ1) is 3.27. The zero-order valence-electron chi connectivity index (χ0n) is 4.55. The molecule has 0 rings (SSSR count). The topological polar surface area (TPSA) is 109 Å². The molecular weight excluding hydrogens is 162 g/mol. The van der Waals surface area contributed by atoms with E-state index < -0.39 is 0 Å². The highest BCUT2D eigenvalue weighted by Gasteiger charge is 1.72. The van der Waals surface area contributed by atoms with Crippen LogP contribution in [-0.2, 0) is 0 Å². The van der Waals surface area contributed by atoms with Crippen molar-refractivity contribution in [2.24, 2.45) is 10.8 Å². The van der Waals surface area contributed by atoms with Gasteiger partial charge in [-0.15, -0.1) is 17.5 Å². The summed E-state index contributed by atoms with van der Waals surface area (Å²) in [7, 11) is 0. The summed E-state index contributed by atoms with van der Waals surface area (Å²) in [6.07, 6.45) is 0. The molecule has 0 aliphatic carbocycles. The highest BCUT2D eigenvalue weighted by Crippen LogP contribution is 1.48. The number of isothiocyanates is 1. The predicted octanol–water partition coefficient (Wildman–Crippen LogP) is 0.0711. The van der Waals surface area contributed by atoms with E-state index in [-0.39, 0.29) is 24.5 Å². The Labute approximate surface area is 64.2 Å². The van der Waals surface area contributed by atoms with Crippen molar-refractivity contribution in [1.82, 2.24) is 11.6 Å². The second kappa shape index (κ2) is 10.3. The molecule has 0 radical (unpaired) electrons. The molecule has 0 unspecified atom stereocenters. The largest absolute Gasteiger partial charge is 0.369 e. The van der Waals surface area contributed by atoms with Crippen molar-refractivity contribution >= 4 is 35.7 Å². The van der Waals surface area contributed by atoms with Gasteiger partial charge in [0.1, 0.15) is 0 Å². The van der Waals surface area contributed by atoms with Crippen LogP contribution in [0.2, 0.25) is 0 Å². The average Bonchev–Trinajstić information content (AvgIpc) is 1.61. The molecular formula is C2H8ClN5S. The Morgan fingerprint density at radius 3 is 2.33 bits per heavy atom. The number of rotatable bonds is 1. The van der Waals surface area contributed by atoms with Crippen molar-refractivity contribution in [1.29, 1.82) is 5.41 Å². The third-order valence-corrected chi connectivity index (χ3v) is 0.313. The molecule has 5 nitrogen and oxygen atoms in total. The average molecular weight is 170 g/mol. The molecule has 0 aromatic carbocycles. The summed E-state index contributed by atoms with van der Waals surface area (Å²) in [6.45, 7) is 0. The van der Waals surface area contributed by atoms with Gasteiger partial charge in [-0.2, -0.15) is 0 Å². The van der Waals surface area contributed by atoms with Gasteiger partial charge in [0.2, 0.25) is 5.96 Å². The first kappa shape index (κ1) is 15.8. The first-order valence-electron chi connectivity index (χ1n) is 1.44. The summed E-state index contributed by atoms with van der Waals surface area (Å²) in [5, 5.41) is 11.6. The van der Waals surface area contributed by atoms with E-state index in [0.29, 0.717) is 0 Å². The Kier molecular flexibility index (Phi) is 18.1. The molecule has 7 heteroatoms. The van der Waals surface area contributed by atoms with Gasteiger partial charge in [0.05, 0.1) is 5.16 Å². The predicted molar refractivity (Wildman–Crippen MR) is 42.3 cm³/mol. The number of nitrogens with zero attached hydrogens (tertiary/aromatic N) is 1. The summed E-state index contributed by atoms with van der Waals surface area (Å²) in [4.78, 5) is 0. The molecule has 0 fully saturated rings. The van der Waals surface area contributed by atoms with Gasteiger partial charge >= 0.3 is 0 Å². The number of hydrogen-bond acceptors (Lipinski definition) is 4. The SMILES string of the molecule is Cl.N.N=C(N)NN=C=S. The fourth-order valence-corrected chi connectivity index (χ4v) is 0.129. The lowest BCUT2D eigenvalue weighted by Crippen LogP contribution is -2.24. The summed E-state index contributed by atoms with van der Waals surface area (Å²) >= 11 is 4.14. The highest BCUT2D eigenvalue weighted by molar-refractivity contribution is 7.78. The molecule has 0 aromatic heterocycles. The van der Waals surface area contributed by atoms with Crippen LogP contribution < -0.4 is 17.3 Å². The zero-order chi connectivity index (χ0) is 5.70. The van der Waals surface area contributed by atoms with Gasteiger partial charge in [0.25, 0.3) is 0 Å². The van der Waals surface area contributed by atoms with E-state index in [1.807, 2.05) is 5.16 Å². The van der Waals surface area contributed by atoms with Gasteiger partial charge in [-0.3, -0.25) is 5.41 Å². The molecule has 0 spiro atoms. The van der Waals surface area contributed by atoms with E-state index in [0.717, 1.165) is 0 Å². The van der Waals surface area contributed by atoms with E-state index >= 15 is 0 Å². The lowest BCUT2D eigenvalue weighted by molar-refractivity contribution is 1.01. The lowest BCUT2D eigenvalue weighted by atomic mass is 11.1. The Morgan fingerprint density at radius 2 is 2.22 bits per heavy atom. The van der Waals surface area contributed by atoms with Crippen molar-refractivity contribution in [3.8, 4) is 0 Å². The minimum Gasteiger partial charge on any atom is -0.369 e. The summed E-state index contributed by atoms with van der Waals surface area (Å²) in [6, 6.07) is 0. The number of halogens is 1. The van der Waals surface area contributed by atoms with Crippen LogP contribution >= 0.6 is 24.6 Å². The van der Waals surface area contributed by atoms with Crippen LogP contribution in [0.25, 0.3) is 0 Å². The maximum absolute atomic E-state index is 6.48. The number of nitrogens with one attached hydrogen (secondary N) is 2. The molecule has 9 heavy (non-hydrogen) atoms. The number of hydrogen-bond donors (Lipinski definition) is 4. The van der Waals surface area contributed by atoms with Crippen molar-refractivity contribution in [3.05, 3.63) is 0 Å². The van der Waals surface area contributed by atoms with Crippen LogP contribution in [0.4, 0.5) is 0 Å². The fraction of sp³-hybridized carbons (Fsp3) is 0. The number of thiocarbonyl (C=S) groups is 1. The molecule has 0 aliphatic heterocycles. The summed E-state index contributed by atoms with van der Waals surface area (Å²) in [5.74, 6) is -0.239. The number of nitrogens with two attached hydrogens (primary N) is 1. The smallest absolute Gasteiger partial charge is 0.207 e. The van der Waals surface area contributed by atoms with Gasteiger partial charge < -0.3 is 11.9 Å². The summed E-state index contributed by atoms with van der Waals surface area (Å²) < 4.78 is 0. The fourth-order valence-electron chi connectivity index (χ4n) is 0.0830. The normalized spacial score (nSPS) is 4.89. The van der Waals surface area contributed by atoms with E-state index in [2.05, 4.69) is 22.7 Å². The molecule has 54 valence electrons. The Morgan fingerprint density at radius 1 is 1.78 bits per heavy atom. The third-order valence-electron chi connectivity index (χ3n) is 0.222. The van der Waals surface area contributed by atoms with Gasteiger partial charge in [0, 0.05) is 0 Å². The lowest BCUT2D eigenvalue weighted by Gasteiger charge is -1.86. The first-order valence-corrected chi connectivity index (χ1v) is 1.85. The molecule has 0 heterocycles. The molecule has 0 saturated carbocycles. The van der Waals surface area contributed by atoms with Crippen LogP contribution in [0, 0.1) is 5.41 Å². The summed E-state index contributed by atoms with van der Waals surface area (Å²) in [5.41, 5.74) is 6.84. The second-order valence-electron chi connectivity index (χ2n) is 0.729. The van der Waals surface area contributed by atoms with Crippen LogP contribution in [0.15, 0.2) is 5.10 Å². The van der Waals surface area contributed by atoms with Crippen molar-refractivity contribution < 1.29 is 0 Å². The van der Waals surface area contributed by atoms with E-state index in [1.165, 1.54) is 0 Å². The molecule has 0 aliphatic rings. The maximum atomic E-state index is 6.48. The Hall–Kier alpha value is -0.680. The van der Waals surface area contributed by atoms with E-state index in [4.69, 9.17) is 11.1 Å². The Balaban J connectivity index is -0.000000180. The van der Waals surface area contributed by atoms with Gasteiger partial charge in [-0.1, -0.05) is 0 Å². The zero-order valence-corrected chi connectivity index (χ0v) is 6.18. The van der Waals surface area contributed by atoms with Gasteiger partial charge in [-0.25, -0.2) is 5.43 Å². The molecule has 0 atom stereocenters. The van der Waals surface area contributed by atoms with Crippen LogP contribution in [0.3, 0.4) is 0 Å². The molecule has 0 bridgehead atoms. The van der Waals surface area contributed by atoms with Crippen LogP contribution in [0.1, 0.15) is 0 Å². The van der Waals surface area contributed by atoms with Crippen LogP contribution in [0.5, 0.6) is 0 Å². The Bertz CT molecular complexity index is 118. The third kappa shape index (κ3) is 18.8. The number of guanidine groups is 1.